The summed E-state index contributed by atoms with van der Waals surface area (Å²) in [5, 5.41) is 7.47. The summed E-state index contributed by atoms with van der Waals surface area (Å²) in [4.78, 5) is 11.7. The Morgan fingerprint density at radius 1 is 1.50 bits per heavy atom. The number of carbonyl (C=O) groups excluding carboxylic acids is 1. The Kier molecular flexibility index (Phi) is 5.26. The topological polar surface area (TPSA) is 43.2 Å². The molecule has 3 nitrogen and oxygen atoms in total. The van der Waals surface area contributed by atoms with Crippen LogP contribution in [0.5, 0.6) is 0 Å². The molecule has 0 aromatic carbocycles. The molecule has 0 saturated carbocycles. The van der Waals surface area contributed by atoms with Gasteiger partial charge in [0.25, 0.3) is 0 Å². The lowest BCUT2D eigenvalue weighted by molar-refractivity contribution is -0.123. The van der Waals surface area contributed by atoms with Crippen LogP contribution in [0.2, 0.25) is 0 Å². The number of hydrogen-bond acceptors (Lipinski definition) is 1. The highest BCUT2D eigenvalue weighted by molar-refractivity contribution is 5.76. The third-order valence-electron chi connectivity index (χ3n) is 3.46. The summed E-state index contributed by atoms with van der Waals surface area (Å²) in [5.74, 6) is 0.835. The molecule has 1 unspecified atom stereocenters. The summed E-state index contributed by atoms with van der Waals surface area (Å²) in [6.07, 6.45) is 5.07. The molecule has 0 aromatic heterocycles. The van der Waals surface area contributed by atoms with Gasteiger partial charge in [-0.3, -0.25) is 4.79 Å². The van der Waals surface area contributed by atoms with Gasteiger partial charge in [-0.25, -0.2) is 5.32 Å². The fourth-order valence-corrected chi connectivity index (χ4v) is 1.96. The summed E-state index contributed by atoms with van der Waals surface area (Å²) in [7, 11) is 0. The normalized spacial score (nSPS) is 21.8. The minimum atomic E-state index is -0.0615. The smallest absolute Gasteiger partial charge is 0.220 e. The van der Waals surface area contributed by atoms with Crippen molar-refractivity contribution in [3.8, 4) is 0 Å². The van der Waals surface area contributed by atoms with Crippen molar-refractivity contribution in [3.63, 3.8) is 0 Å². The molecule has 1 radical (unpaired) electrons. The van der Waals surface area contributed by atoms with Crippen molar-refractivity contribution in [1.82, 2.24) is 10.6 Å². The molecule has 1 amide bonds. The number of hydrogen-bond donors (Lipinski definition) is 1. The largest absolute Gasteiger partial charge is 0.351 e. The van der Waals surface area contributed by atoms with Crippen molar-refractivity contribution in [1.29, 1.82) is 0 Å². The second-order valence-corrected chi connectivity index (χ2v) is 5.46. The number of nitrogens with one attached hydrogen (secondary N) is 1. The minimum Gasteiger partial charge on any atom is -0.351 e. The molecule has 0 spiro atoms. The van der Waals surface area contributed by atoms with Gasteiger partial charge in [-0.2, -0.15) is 0 Å². The fourth-order valence-electron chi connectivity index (χ4n) is 1.96. The maximum Gasteiger partial charge on any atom is 0.220 e. The van der Waals surface area contributed by atoms with E-state index in [2.05, 4.69) is 31.4 Å². The Morgan fingerprint density at radius 3 is 2.81 bits per heavy atom. The third kappa shape index (κ3) is 4.97. The van der Waals surface area contributed by atoms with E-state index in [1.807, 2.05) is 0 Å². The highest BCUT2D eigenvalue weighted by Gasteiger charge is 2.19. The van der Waals surface area contributed by atoms with E-state index in [9.17, 15) is 4.79 Å². The van der Waals surface area contributed by atoms with Gasteiger partial charge >= 0.3 is 0 Å². The van der Waals surface area contributed by atoms with E-state index in [0.29, 0.717) is 12.3 Å². The van der Waals surface area contributed by atoms with Crippen molar-refractivity contribution in [2.24, 2.45) is 5.92 Å². The molecule has 1 N–H and O–H groups in total. The van der Waals surface area contributed by atoms with Gasteiger partial charge in [-0.1, -0.05) is 6.92 Å². The second kappa shape index (κ2) is 6.24. The summed E-state index contributed by atoms with van der Waals surface area (Å²) < 4.78 is 0. The maximum absolute atomic E-state index is 11.7. The molecule has 16 heavy (non-hydrogen) atoms. The van der Waals surface area contributed by atoms with Crippen LogP contribution >= 0.6 is 0 Å². The van der Waals surface area contributed by atoms with Crippen molar-refractivity contribution >= 4 is 5.91 Å². The van der Waals surface area contributed by atoms with E-state index in [0.717, 1.165) is 25.9 Å². The van der Waals surface area contributed by atoms with Crippen molar-refractivity contribution < 1.29 is 4.79 Å². The molecule has 1 atom stereocenters. The van der Waals surface area contributed by atoms with Crippen LogP contribution in [-0.2, 0) is 4.79 Å². The van der Waals surface area contributed by atoms with Crippen molar-refractivity contribution in [3.05, 3.63) is 0 Å². The molecule has 1 fully saturated rings. The van der Waals surface area contributed by atoms with Crippen molar-refractivity contribution in [2.75, 3.05) is 13.1 Å². The monoisotopic (exact) mass is 225 g/mol. The van der Waals surface area contributed by atoms with Crippen LogP contribution in [0, 0.1) is 5.92 Å². The molecular formula is C13H25N2O. The zero-order valence-electron chi connectivity index (χ0n) is 10.9. The third-order valence-corrected chi connectivity index (χ3v) is 3.46. The molecule has 1 heterocycles. The SMILES string of the molecule is CCC(C)(C)NC(=O)CCC1CCC[N]C1. The molecule has 1 rings (SSSR count). The molecule has 93 valence electrons. The van der Waals surface area contributed by atoms with Crippen LogP contribution in [0.3, 0.4) is 0 Å². The van der Waals surface area contributed by atoms with Gasteiger partial charge in [0.2, 0.25) is 5.91 Å². The predicted octanol–water partition coefficient (Wildman–Crippen LogP) is 2.09. The van der Waals surface area contributed by atoms with E-state index in [1.54, 1.807) is 0 Å². The van der Waals surface area contributed by atoms with Crippen LogP contribution < -0.4 is 10.6 Å². The van der Waals surface area contributed by atoms with Crippen LogP contribution in [0.15, 0.2) is 0 Å². The van der Waals surface area contributed by atoms with Crippen LogP contribution in [0.25, 0.3) is 0 Å². The zero-order valence-corrected chi connectivity index (χ0v) is 10.9. The predicted molar refractivity (Wildman–Crippen MR) is 66.3 cm³/mol. The lowest BCUT2D eigenvalue weighted by Gasteiger charge is -2.26. The molecule has 0 aliphatic carbocycles. The number of piperidine rings is 1. The summed E-state index contributed by atoms with van der Waals surface area (Å²) in [5.41, 5.74) is -0.0615. The average molecular weight is 225 g/mol. The van der Waals surface area contributed by atoms with E-state index in [1.165, 1.54) is 12.8 Å². The molecule has 3 heteroatoms. The molecule has 0 aromatic rings. The van der Waals surface area contributed by atoms with Crippen LogP contribution in [0.1, 0.15) is 52.9 Å². The molecule has 1 aliphatic heterocycles. The van der Waals surface area contributed by atoms with E-state index in [4.69, 9.17) is 0 Å². The number of amides is 1. The van der Waals surface area contributed by atoms with Gasteiger partial charge in [0.05, 0.1) is 0 Å². The first-order chi connectivity index (χ1) is 7.53. The maximum atomic E-state index is 11.7. The first-order valence-corrected chi connectivity index (χ1v) is 6.48. The standard InChI is InChI=1S/C13H25N2O/c1-4-13(2,3)15-12(16)8-7-11-6-5-9-14-10-11/h11H,4-10H2,1-3H3,(H,15,16). The summed E-state index contributed by atoms with van der Waals surface area (Å²) >= 11 is 0. The minimum absolute atomic E-state index is 0.0615. The summed E-state index contributed by atoms with van der Waals surface area (Å²) in [6.45, 7) is 8.22. The number of rotatable bonds is 5. The van der Waals surface area contributed by atoms with Crippen molar-refractivity contribution in [2.45, 2.75) is 58.4 Å². The van der Waals surface area contributed by atoms with Gasteiger partial charge < -0.3 is 5.32 Å². The average Bonchev–Trinajstić information content (AvgIpc) is 2.27. The molecule has 1 aliphatic rings. The first-order valence-electron chi connectivity index (χ1n) is 6.48. The molecule has 0 bridgehead atoms. The van der Waals surface area contributed by atoms with Gasteiger partial charge in [0.15, 0.2) is 0 Å². The Bertz CT molecular complexity index is 220. The number of nitrogens with zero attached hydrogens (tertiary/aromatic N) is 1. The Hall–Kier alpha value is -0.570. The van der Waals surface area contributed by atoms with Gasteiger partial charge in [0, 0.05) is 25.0 Å². The lowest BCUT2D eigenvalue weighted by Crippen LogP contribution is -2.43. The van der Waals surface area contributed by atoms with Gasteiger partial charge in [-0.05, 0) is 45.4 Å². The van der Waals surface area contributed by atoms with Gasteiger partial charge in [0.1, 0.15) is 0 Å². The summed E-state index contributed by atoms with van der Waals surface area (Å²) in [6, 6.07) is 0. The molecular weight excluding hydrogens is 200 g/mol. The van der Waals surface area contributed by atoms with E-state index < -0.39 is 0 Å². The lowest BCUT2D eigenvalue weighted by atomic mass is 9.94. The zero-order chi connectivity index (χ0) is 12.0. The number of carbonyl (C=O) groups is 1. The Morgan fingerprint density at radius 2 is 2.25 bits per heavy atom. The van der Waals surface area contributed by atoms with Gasteiger partial charge in [-0.15, -0.1) is 0 Å². The highest BCUT2D eigenvalue weighted by atomic mass is 16.1. The first kappa shape index (κ1) is 13.5. The fraction of sp³-hybridized carbons (Fsp3) is 0.923. The molecule has 1 saturated heterocycles. The Balaban J connectivity index is 2.19. The highest BCUT2D eigenvalue weighted by Crippen LogP contribution is 2.17. The quantitative estimate of drug-likeness (QED) is 0.765. The van der Waals surface area contributed by atoms with E-state index in [-0.39, 0.29) is 11.4 Å². The van der Waals surface area contributed by atoms with Crippen LogP contribution in [0.4, 0.5) is 0 Å². The Labute approximate surface area is 99.4 Å². The van der Waals surface area contributed by atoms with E-state index >= 15 is 0 Å². The van der Waals surface area contributed by atoms with Crippen LogP contribution in [-0.4, -0.2) is 24.5 Å². The second-order valence-electron chi connectivity index (χ2n) is 5.46.